The third kappa shape index (κ3) is 3.54. The molecule has 1 aliphatic carbocycles. The van der Waals surface area contributed by atoms with E-state index >= 15 is 0 Å². The van der Waals surface area contributed by atoms with Gasteiger partial charge >= 0.3 is 0 Å². The Morgan fingerprint density at radius 2 is 1.80 bits per heavy atom. The predicted molar refractivity (Wildman–Crippen MR) is 87.0 cm³/mol. The molecule has 2 N–H and O–H groups in total. The van der Waals surface area contributed by atoms with Crippen LogP contribution in [0.4, 0.5) is 0 Å². The number of nitrogens with zero attached hydrogens (tertiary/aromatic N) is 1. The van der Waals surface area contributed by atoms with E-state index in [1.807, 2.05) is 0 Å². The van der Waals surface area contributed by atoms with E-state index in [0.717, 1.165) is 31.4 Å². The third-order valence-electron chi connectivity index (χ3n) is 3.60. The number of rotatable bonds is 4. The lowest BCUT2D eigenvalue weighted by molar-refractivity contribution is -0.138. The summed E-state index contributed by atoms with van der Waals surface area (Å²) >= 11 is 0. The molecule has 0 saturated carbocycles. The van der Waals surface area contributed by atoms with Gasteiger partial charge in [0.2, 0.25) is 0 Å². The van der Waals surface area contributed by atoms with Crippen molar-refractivity contribution < 1.29 is 35.5 Å². The van der Waals surface area contributed by atoms with Crippen LogP contribution in [0, 0.1) is 0 Å². The number of carbonyl (C=O) groups is 2. The van der Waals surface area contributed by atoms with E-state index in [1.165, 1.54) is 0 Å². The molecule has 2 rings (SSSR count). The molecule has 0 fully saturated rings. The monoisotopic (exact) mass is 387 g/mol. The van der Waals surface area contributed by atoms with Gasteiger partial charge in [-0.25, -0.2) is 0 Å². The van der Waals surface area contributed by atoms with Gasteiger partial charge in [0.25, 0.3) is 32.1 Å². The van der Waals surface area contributed by atoms with Crippen molar-refractivity contribution in [2.45, 2.75) is 6.42 Å². The maximum absolute atomic E-state index is 12.3. The lowest BCUT2D eigenvalue weighted by Crippen LogP contribution is -2.40. The van der Waals surface area contributed by atoms with Crippen LogP contribution in [0.15, 0.2) is 57.4 Å². The van der Waals surface area contributed by atoms with Gasteiger partial charge in [0.15, 0.2) is 0 Å². The highest BCUT2D eigenvalue weighted by Gasteiger charge is 2.36. The van der Waals surface area contributed by atoms with E-state index in [4.69, 9.17) is 9.11 Å². The van der Waals surface area contributed by atoms with Gasteiger partial charge in [0.05, 0.1) is 9.81 Å². The second-order valence-corrected chi connectivity index (χ2v) is 7.97. The molecule has 0 aromatic rings. The number of amides is 2. The van der Waals surface area contributed by atoms with Crippen LogP contribution in [0.5, 0.6) is 0 Å². The Kier molecular flexibility index (Phi) is 4.70. The van der Waals surface area contributed by atoms with Crippen molar-refractivity contribution >= 4 is 32.1 Å². The minimum atomic E-state index is -4.66. The first-order valence-electron chi connectivity index (χ1n) is 6.64. The second-order valence-electron chi connectivity index (χ2n) is 5.13. The summed E-state index contributed by atoms with van der Waals surface area (Å²) in [5, 5.41) is 0. The van der Waals surface area contributed by atoms with Gasteiger partial charge in [-0.05, 0) is 30.2 Å². The number of imide groups is 1. The Labute approximate surface area is 143 Å². The molecule has 134 valence electrons. The van der Waals surface area contributed by atoms with Gasteiger partial charge in [0, 0.05) is 18.2 Å². The fourth-order valence-corrected chi connectivity index (χ4v) is 3.38. The Morgan fingerprint density at radius 1 is 1.20 bits per heavy atom. The third-order valence-corrected chi connectivity index (χ3v) is 5.36. The molecule has 2 aliphatic rings. The van der Waals surface area contributed by atoms with Crippen molar-refractivity contribution in [1.29, 1.82) is 0 Å². The summed E-state index contributed by atoms with van der Waals surface area (Å²) in [7, 11) is -8.09. The first-order valence-corrected chi connectivity index (χ1v) is 9.52. The molecule has 11 heteroatoms. The molecule has 0 unspecified atom stereocenters. The van der Waals surface area contributed by atoms with Crippen LogP contribution in [-0.4, -0.2) is 49.7 Å². The smallest absolute Gasteiger partial charge is 0.282 e. The number of allylic oxidation sites excluding steroid dienone is 3. The van der Waals surface area contributed by atoms with Crippen molar-refractivity contribution in [3.63, 3.8) is 0 Å². The fourth-order valence-electron chi connectivity index (χ4n) is 2.34. The molecule has 0 spiro atoms. The minimum absolute atomic E-state index is 0.0727. The highest BCUT2D eigenvalue weighted by Crippen LogP contribution is 2.34. The number of likely N-dealkylation sites (N-methyl/N-ethyl adjacent to an activating group) is 1. The predicted octanol–water partition coefficient (Wildman–Crippen LogP) is 0.341. The number of carbonyl (C=O) groups excluding carboxylic acids is 2. The first-order chi connectivity index (χ1) is 11.4. The summed E-state index contributed by atoms with van der Waals surface area (Å²) in [6.45, 7) is 3.24. The zero-order chi connectivity index (χ0) is 19.2. The van der Waals surface area contributed by atoms with Crippen LogP contribution < -0.4 is 0 Å². The fraction of sp³-hybridized carbons (Fsp3) is 0.143. The Morgan fingerprint density at radius 3 is 2.28 bits per heavy atom. The van der Waals surface area contributed by atoms with Gasteiger partial charge in [-0.1, -0.05) is 12.7 Å². The van der Waals surface area contributed by atoms with Gasteiger partial charge in [0.1, 0.15) is 0 Å². The van der Waals surface area contributed by atoms with E-state index < -0.39 is 41.9 Å². The standard InChI is InChI=1S/C14H13NO8S2/c1-3-8(24(18,19)20)6-11-10-5-4-9(25(21,22)23)7-12(10)14(17)15(2)13(11)16/h3-4,6-7H,1,5H2,2H3,(H,18,19,20)(H,21,22,23)/b8-6+. The molecular weight excluding hydrogens is 374 g/mol. The number of hydrogen-bond donors (Lipinski definition) is 2. The van der Waals surface area contributed by atoms with Crippen LogP contribution in [0.1, 0.15) is 6.42 Å². The summed E-state index contributed by atoms with van der Waals surface area (Å²) in [6.07, 6.45) is 3.43. The van der Waals surface area contributed by atoms with Crippen molar-refractivity contribution in [2.75, 3.05) is 7.05 Å². The Bertz CT molecular complexity index is 1020. The van der Waals surface area contributed by atoms with E-state index in [2.05, 4.69) is 6.58 Å². The second kappa shape index (κ2) is 6.19. The van der Waals surface area contributed by atoms with Crippen molar-refractivity contribution in [1.82, 2.24) is 4.90 Å². The molecule has 0 radical (unpaired) electrons. The lowest BCUT2D eigenvalue weighted by Gasteiger charge is -2.28. The topological polar surface area (TPSA) is 146 Å². The van der Waals surface area contributed by atoms with Gasteiger partial charge in [-0.2, -0.15) is 16.8 Å². The van der Waals surface area contributed by atoms with Crippen LogP contribution in [-0.2, 0) is 29.8 Å². The SMILES string of the molecule is C=C/C(=C\C1=C2CC=C(S(=O)(=O)O)C=C2C(=O)N(C)C1=O)S(=O)(=O)O. The summed E-state index contributed by atoms with van der Waals surface area (Å²) in [5.74, 6) is -1.64. The molecule has 1 aliphatic heterocycles. The molecule has 0 aromatic carbocycles. The van der Waals surface area contributed by atoms with E-state index in [1.54, 1.807) is 0 Å². The molecule has 0 saturated heterocycles. The molecule has 1 heterocycles. The van der Waals surface area contributed by atoms with Crippen molar-refractivity contribution in [2.24, 2.45) is 0 Å². The van der Waals surface area contributed by atoms with Gasteiger partial charge in [-0.3, -0.25) is 23.6 Å². The summed E-state index contributed by atoms with van der Waals surface area (Å²) in [6, 6.07) is 0. The van der Waals surface area contributed by atoms with Crippen LogP contribution >= 0.6 is 0 Å². The molecular formula is C14H13NO8S2. The molecule has 0 atom stereocenters. The maximum Gasteiger partial charge on any atom is 0.294 e. The van der Waals surface area contributed by atoms with Crippen molar-refractivity contribution in [3.05, 3.63) is 57.4 Å². The Hall–Kier alpha value is -2.34. The van der Waals surface area contributed by atoms with Gasteiger partial charge < -0.3 is 0 Å². The first kappa shape index (κ1) is 19.0. The summed E-state index contributed by atoms with van der Waals surface area (Å²) in [5.41, 5.74) is -0.322. The molecule has 0 aromatic heterocycles. The lowest BCUT2D eigenvalue weighted by atomic mass is 9.88. The average Bonchev–Trinajstić information content (AvgIpc) is 2.50. The minimum Gasteiger partial charge on any atom is -0.282 e. The maximum atomic E-state index is 12.3. The van der Waals surface area contributed by atoms with Crippen molar-refractivity contribution in [3.8, 4) is 0 Å². The largest absolute Gasteiger partial charge is 0.294 e. The normalized spacial score (nSPS) is 19.5. The molecule has 2 amide bonds. The Balaban J connectivity index is 2.76. The van der Waals surface area contributed by atoms with E-state index in [9.17, 15) is 26.4 Å². The summed E-state index contributed by atoms with van der Waals surface area (Å²) < 4.78 is 63.3. The van der Waals surface area contributed by atoms with Crippen LogP contribution in [0.3, 0.4) is 0 Å². The van der Waals surface area contributed by atoms with E-state index in [0.29, 0.717) is 4.90 Å². The number of fused-ring (bicyclic) bond motifs is 1. The molecule has 9 nitrogen and oxygen atoms in total. The summed E-state index contributed by atoms with van der Waals surface area (Å²) in [4.78, 5) is 24.1. The zero-order valence-electron chi connectivity index (χ0n) is 12.8. The average molecular weight is 387 g/mol. The van der Waals surface area contributed by atoms with Crippen LogP contribution in [0.25, 0.3) is 0 Å². The van der Waals surface area contributed by atoms with Crippen LogP contribution in [0.2, 0.25) is 0 Å². The highest BCUT2D eigenvalue weighted by atomic mass is 32.2. The molecule has 0 bridgehead atoms. The van der Waals surface area contributed by atoms with Gasteiger partial charge in [-0.15, -0.1) is 0 Å². The quantitative estimate of drug-likeness (QED) is 0.399. The van der Waals surface area contributed by atoms with E-state index in [-0.39, 0.29) is 23.1 Å². The molecule has 25 heavy (non-hydrogen) atoms. The highest BCUT2D eigenvalue weighted by molar-refractivity contribution is 7.90. The number of hydrogen-bond acceptors (Lipinski definition) is 6. The zero-order valence-corrected chi connectivity index (χ0v) is 14.5.